The summed E-state index contributed by atoms with van der Waals surface area (Å²) >= 11 is 0. The first-order valence-corrected chi connectivity index (χ1v) is 6.71. The van der Waals surface area contributed by atoms with Crippen molar-refractivity contribution in [3.05, 3.63) is 76.1 Å². The summed E-state index contributed by atoms with van der Waals surface area (Å²) in [6.45, 7) is 2.03. The van der Waals surface area contributed by atoms with Gasteiger partial charge in [0.2, 0.25) is 0 Å². The van der Waals surface area contributed by atoms with Crippen molar-refractivity contribution >= 4 is 11.9 Å². The summed E-state index contributed by atoms with van der Waals surface area (Å²) in [5.74, 6) is 0. The minimum absolute atomic E-state index is 0.176. The lowest BCUT2D eigenvalue weighted by molar-refractivity contribution is 1.06. The van der Waals surface area contributed by atoms with E-state index in [0.717, 1.165) is 16.9 Å². The molecular formula is C17H15N3O. The minimum Gasteiger partial charge on any atom is -0.297 e. The molecule has 4 nitrogen and oxygen atoms in total. The van der Waals surface area contributed by atoms with Gasteiger partial charge in [-0.05, 0) is 19.1 Å². The second kappa shape index (κ2) is 5.63. The summed E-state index contributed by atoms with van der Waals surface area (Å²) in [7, 11) is 0. The molecule has 21 heavy (non-hydrogen) atoms. The Morgan fingerprint density at radius 3 is 2.38 bits per heavy atom. The van der Waals surface area contributed by atoms with Crippen LogP contribution in [0.4, 0.5) is 5.69 Å². The maximum Gasteiger partial charge on any atom is 0.273 e. The molecule has 0 saturated heterocycles. The van der Waals surface area contributed by atoms with Crippen molar-refractivity contribution in [1.29, 1.82) is 0 Å². The Labute approximate surface area is 122 Å². The van der Waals surface area contributed by atoms with Crippen LogP contribution in [0.25, 0.3) is 11.3 Å². The molecule has 0 radical (unpaired) electrons. The number of aromatic amines is 2. The Balaban J connectivity index is 1.98. The van der Waals surface area contributed by atoms with E-state index >= 15 is 0 Å². The SMILES string of the molecule is Cc1ccc(N=Cc2c(-c3ccccc3)[nH][nH]c2=O)cc1. The molecule has 0 spiro atoms. The molecule has 0 aliphatic heterocycles. The molecule has 0 amide bonds. The van der Waals surface area contributed by atoms with Crippen LogP contribution >= 0.6 is 0 Å². The first kappa shape index (κ1) is 13.1. The van der Waals surface area contributed by atoms with Crippen LogP contribution in [-0.2, 0) is 0 Å². The Hall–Kier alpha value is -2.88. The fourth-order valence-corrected chi connectivity index (χ4v) is 2.09. The molecule has 0 bridgehead atoms. The minimum atomic E-state index is -0.176. The van der Waals surface area contributed by atoms with E-state index in [1.54, 1.807) is 6.21 Å². The quantitative estimate of drug-likeness (QED) is 0.708. The van der Waals surface area contributed by atoms with Crippen LogP contribution in [0.2, 0.25) is 0 Å². The number of hydrogen-bond acceptors (Lipinski definition) is 2. The van der Waals surface area contributed by atoms with Gasteiger partial charge in [-0.15, -0.1) is 0 Å². The average Bonchev–Trinajstić information content (AvgIpc) is 2.89. The molecule has 0 saturated carbocycles. The highest BCUT2D eigenvalue weighted by Crippen LogP contribution is 2.18. The van der Waals surface area contributed by atoms with E-state index in [9.17, 15) is 4.79 Å². The van der Waals surface area contributed by atoms with Crippen molar-refractivity contribution in [2.45, 2.75) is 6.92 Å². The summed E-state index contributed by atoms with van der Waals surface area (Å²) < 4.78 is 0. The van der Waals surface area contributed by atoms with Crippen molar-refractivity contribution in [3.63, 3.8) is 0 Å². The first-order valence-electron chi connectivity index (χ1n) is 6.71. The zero-order valence-corrected chi connectivity index (χ0v) is 11.6. The van der Waals surface area contributed by atoms with Crippen LogP contribution in [0.15, 0.2) is 64.4 Å². The standard InChI is InChI=1S/C17H15N3O/c1-12-7-9-14(10-8-12)18-11-15-16(19-20-17(15)21)13-5-3-2-4-6-13/h2-11H,1H3,(H2,19,20,21). The highest BCUT2D eigenvalue weighted by molar-refractivity contribution is 5.89. The van der Waals surface area contributed by atoms with E-state index in [1.807, 2.05) is 61.5 Å². The predicted molar refractivity (Wildman–Crippen MR) is 85.3 cm³/mol. The lowest BCUT2D eigenvalue weighted by Crippen LogP contribution is -2.04. The molecule has 0 aliphatic rings. The second-order valence-electron chi connectivity index (χ2n) is 4.83. The molecule has 2 N–H and O–H groups in total. The molecule has 3 aromatic rings. The van der Waals surface area contributed by atoms with Gasteiger partial charge in [0.05, 0.1) is 16.9 Å². The molecular weight excluding hydrogens is 262 g/mol. The van der Waals surface area contributed by atoms with Crippen molar-refractivity contribution in [1.82, 2.24) is 10.2 Å². The third kappa shape index (κ3) is 2.84. The number of benzene rings is 2. The zero-order chi connectivity index (χ0) is 14.7. The van der Waals surface area contributed by atoms with E-state index in [2.05, 4.69) is 15.2 Å². The van der Waals surface area contributed by atoms with Gasteiger partial charge in [-0.1, -0.05) is 48.0 Å². The summed E-state index contributed by atoms with van der Waals surface area (Å²) in [5.41, 5.74) is 4.04. The Morgan fingerprint density at radius 1 is 0.952 bits per heavy atom. The maximum atomic E-state index is 11.9. The molecule has 104 valence electrons. The van der Waals surface area contributed by atoms with Crippen LogP contribution in [0.5, 0.6) is 0 Å². The molecule has 0 aliphatic carbocycles. The lowest BCUT2D eigenvalue weighted by Gasteiger charge is -1.98. The van der Waals surface area contributed by atoms with Crippen LogP contribution in [0, 0.1) is 6.92 Å². The highest BCUT2D eigenvalue weighted by Gasteiger charge is 2.09. The maximum absolute atomic E-state index is 11.9. The van der Waals surface area contributed by atoms with Crippen LogP contribution in [-0.4, -0.2) is 16.4 Å². The Kier molecular flexibility index (Phi) is 3.51. The van der Waals surface area contributed by atoms with E-state index < -0.39 is 0 Å². The number of H-pyrrole nitrogens is 2. The normalized spacial score (nSPS) is 11.1. The van der Waals surface area contributed by atoms with Crippen molar-refractivity contribution in [2.24, 2.45) is 4.99 Å². The number of nitrogens with zero attached hydrogens (tertiary/aromatic N) is 1. The average molecular weight is 277 g/mol. The predicted octanol–water partition coefficient (Wildman–Crippen LogP) is 3.43. The number of aromatic nitrogens is 2. The van der Waals surface area contributed by atoms with Gasteiger partial charge in [-0.3, -0.25) is 20.0 Å². The van der Waals surface area contributed by atoms with E-state index in [0.29, 0.717) is 5.56 Å². The van der Waals surface area contributed by atoms with Gasteiger partial charge in [0.25, 0.3) is 5.56 Å². The lowest BCUT2D eigenvalue weighted by atomic mass is 10.1. The van der Waals surface area contributed by atoms with E-state index in [4.69, 9.17) is 0 Å². The van der Waals surface area contributed by atoms with Crippen LogP contribution in [0.1, 0.15) is 11.1 Å². The highest BCUT2D eigenvalue weighted by atomic mass is 16.1. The van der Waals surface area contributed by atoms with Gasteiger partial charge in [-0.25, -0.2) is 0 Å². The molecule has 2 aromatic carbocycles. The monoisotopic (exact) mass is 277 g/mol. The van der Waals surface area contributed by atoms with E-state index in [-0.39, 0.29) is 5.56 Å². The Morgan fingerprint density at radius 2 is 1.67 bits per heavy atom. The summed E-state index contributed by atoms with van der Waals surface area (Å²) in [6.07, 6.45) is 1.60. The van der Waals surface area contributed by atoms with Crippen molar-refractivity contribution in [3.8, 4) is 11.3 Å². The second-order valence-corrected chi connectivity index (χ2v) is 4.83. The van der Waals surface area contributed by atoms with Crippen LogP contribution < -0.4 is 5.56 Å². The third-order valence-electron chi connectivity index (χ3n) is 3.25. The molecule has 0 atom stereocenters. The topological polar surface area (TPSA) is 61.0 Å². The summed E-state index contributed by atoms with van der Waals surface area (Å²) in [4.78, 5) is 16.3. The zero-order valence-electron chi connectivity index (χ0n) is 11.6. The smallest absolute Gasteiger partial charge is 0.273 e. The van der Waals surface area contributed by atoms with Crippen LogP contribution in [0.3, 0.4) is 0 Å². The fraction of sp³-hybridized carbons (Fsp3) is 0.0588. The molecule has 4 heteroatoms. The van der Waals surface area contributed by atoms with Gasteiger partial charge in [0.1, 0.15) is 0 Å². The molecule has 3 rings (SSSR count). The van der Waals surface area contributed by atoms with Gasteiger partial charge in [0.15, 0.2) is 0 Å². The first-order chi connectivity index (χ1) is 10.2. The number of nitrogens with one attached hydrogen (secondary N) is 2. The summed E-state index contributed by atoms with van der Waals surface area (Å²) in [5, 5.41) is 5.52. The number of hydrogen-bond donors (Lipinski definition) is 2. The fourth-order valence-electron chi connectivity index (χ4n) is 2.09. The van der Waals surface area contributed by atoms with Gasteiger partial charge in [-0.2, -0.15) is 0 Å². The van der Waals surface area contributed by atoms with Gasteiger partial charge < -0.3 is 0 Å². The molecule has 1 aromatic heterocycles. The molecule has 0 unspecified atom stereocenters. The summed E-state index contributed by atoms with van der Waals surface area (Å²) in [6, 6.07) is 17.5. The van der Waals surface area contributed by atoms with E-state index in [1.165, 1.54) is 5.56 Å². The Bertz CT molecular complexity index is 811. The number of aryl methyl sites for hydroxylation is 1. The molecule has 1 heterocycles. The molecule has 0 fully saturated rings. The third-order valence-corrected chi connectivity index (χ3v) is 3.25. The largest absolute Gasteiger partial charge is 0.297 e. The number of rotatable bonds is 3. The van der Waals surface area contributed by atoms with Gasteiger partial charge >= 0.3 is 0 Å². The van der Waals surface area contributed by atoms with Gasteiger partial charge in [0, 0.05) is 11.8 Å². The van der Waals surface area contributed by atoms with Crippen molar-refractivity contribution in [2.75, 3.05) is 0 Å². The van der Waals surface area contributed by atoms with Crippen molar-refractivity contribution < 1.29 is 0 Å². The number of aliphatic imine (C=N–C) groups is 1.